The van der Waals surface area contributed by atoms with Gasteiger partial charge in [-0.25, -0.2) is 4.39 Å². The fraction of sp³-hybridized carbons (Fsp3) is 0.200. The van der Waals surface area contributed by atoms with E-state index in [4.69, 9.17) is 23.2 Å². The first kappa shape index (κ1) is 25.7. The highest BCUT2D eigenvalue weighted by molar-refractivity contribution is 6.31. The number of nitrogens with zero attached hydrogens (tertiary/aromatic N) is 1. The SMILES string of the molecule is Cc1cc(/C=C/C(c2cc(C)c(F)c(Cl)c2)C(F)(F)F)ccc1C(=O)NCc1ccc(Cl)cn1. The second-order valence-corrected chi connectivity index (χ2v) is 8.58. The number of alkyl halides is 3. The van der Waals surface area contributed by atoms with E-state index in [1.807, 2.05) is 0 Å². The highest BCUT2D eigenvalue weighted by Crippen LogP contribution is 2.38. The molecule has 0 saturated carbocycles. The van der Waals surface area contributed by atoms with Gasteiger partial charge in [0, 0.05) is 11.8 Å². The van der Waals surface area contributed by atoms with Crippen LogP contribution in [0.5, 0.6) is 0 Å². The summed E-state index contributed by atoms with van der Waals surface area (Å²) in [5.74, 6) is -3.06. The van der Waals surface area contributed by atoms with E-state index in [9.17, 15) is 22.4 Å². The summed E-state index contributed by atoms with van der Waals surface area (Å²) in [6, 6.07) is 10.2. The van der Waals surface area contributed by atoms with Crippen LogP contribution in [0.25, 0.3) is 6.08 Å². The Bertz CT molecular complexity index is 1200. The van der Waals surface area contributed by atoms with Gasteiger partial charge in [-0.15, -0.1) is 0 Å². The highest BCUT2D eigenvalue weighted by atomic mass is 35.5. The van der Waals surface area contributed by atoms with Crippen LogP contribution in [0, 0.1) is 19.7 Å². The molecule has 0 spiro atoms. The molecule has 178 valence electrons. The molecule has 34 heavy (non-hydrogen) atoms. The molecule has 0 aliphatic rings. The maximum Gasteiger partial charge on any atom is 0.399 e. The molecular weight excluding hydrogens is 491 g/mol. The van der Waals surface area contributed by atoms with Crippen LogP contribution in [0.3, 0.4) is 0 Å². The predicted octanol–water partition coefficient (Wildman–Crippen LogP) is 7.43. The molecule has 1 N–H and O–H groups in total. The van der Waals surface area contributed by atoms with Gasteiger partial charge in [0.1, 0.15) is 5.82 Å². The largest absolute Gasteiger partial charge is 0.399 e. The van der Waals surface area contributed by atoms with E-state index in [1.165, 1.54) is 19.2 Å². The van der Waals surface area contributed by atoms with Crippen molar-refractivity contribution in [3.63, 3.8) is 0 Å². The number of amides is 1. The Kier molecular flexibility index (Phi) is 8.00. The molecule has 0 aliphatic heterocycles. The average Bonchev–Trinajstić information content (AvgIpc) is 2.76. The molecule has 0 bridgehead atoms. The van der Waals surface area contributed by atoms with Crippen LogP contribution in [0.4, 0.5) is 17.6 Å². The lowest BCUT2D eigenvalue weighted by Gasteiger charge is -2.18. The standard InChI is InChI=1S/C25H20Cl2F4N2O/c1-14-9-16(3-7-20(14)24(34)33-13-19-6-5-18(26)12-32-19)4-8-21(25(29,30)31)17-10-15(2)23(28)22(27)11-17/h3-12,21H,13H2,1-2H3,(H,33,34)/b8-4+. The van der Waals surface area contributed by atoms with Gasteiger partial charge in [0.15, 0.2) is 0 Å². The van der Waals surface area contributed by atoms with Crippen LogP contribution >= 0.6 is 23.2 Å². The number of carbonyl (C=O) groups is 1. The molecule has 3 nitrogen and oxygen atoms in total. The summed E-state index contributed by atoms with van der Waals surface area (Å²) in [6.07, 6.45) is -0.819. The number of nitrogens with one attached hydrogen (secondary N) is 1. The number of aromatic nitrogens is 1. The van der Waals surface area contributed by atoms with Gasteiger partial charge in [0.05, 0.1) is 28.2 Å². The van der Waals surface area contributed by atoms with E-state index >= 15 is 0 Å². The summed E-state index contributed by atoms with van der Waals surface area (Å²) in [7, 11) is 0. The lowest BCUT2D eigenvalue weighted by molar-refractivity contribution is -0.139. The minimum absolute atomic E-state index is 0.0326. The van der Waals surface area contributed by atoms with Crippen molar-refractivity contribution < 1.29 is 22.4 Å². The second-order valence-electron chi connectivity index (χ2n) is 7.74. The third-order valence-electron chi connectivity index (χ3n) is 5.14. The zero-order chi connectivity index (χ0) is 25.0. The number of carbonyl (C=O) groups excluding carboxylic acids is 1. The van der Waals surface area contributed by atoms with Crippen molar-refractivity contribution in [2.24, 2.45) is 0 Å². The summed E-state index contributed by atoms with van der Waals surface area (Å²) >= 11 is 11.5. The zero-order valence-corrected chi connectivity index (χ0v) is 19.7. The summed E-state index contributed by atoms with van der Waals surface area (Å²) in [4.78, 5) is 16.6. The topological polar surface area (TPSA) is 42.0 Å². The van der Waals surface area contributed by atoms with Crippen molar-refractivity contribution in [1.82, 2.24) is 10.3 Å². The number of hydrogen-bond acceptors (Lipinski definition) is 2. The fourth-order valence-electron chi connectivity index (χ4n) is 3.37. The monoisotopic (exact) mass is 510 g/mol. The van der Waals surface area contributed by atoms with E-state index in [2.05, 4.69) is 10.3 Å². The van der Waals surface area contributed by atoms with E-state index < -0.39 is 17.9 Å². The Balaban J connectivity index is 1.77. The van der Waals surface area contributed by atoms with Gasteiger partial charge in [0.25, 0.3) is 5.91 Å². The molecular formula is C25H20Cl2F4N2O. The molecule has 9 heteroatoms. The molecule has 3 rings (SSSR count). The van der Waals surface area contributed by atoms with Crippen molar-refractivity contribution in [1.29, 1.82) is 0 Å². The molecule has 0 saturated heterocycles. The molecule has 1 atom stereocenters. The van der Waals surface area contributed by atoms with Gasteiger partial charge >= 0.3 is 6.18 Å². The van der Waals surface area contributed by atoms with Crippen molar-refractivity contribution in [3.05, 3.63) is 104 Å². The van der Waals surface area contributed by atoms with Crippen molar-refractivity contribution >= 4 is 35.2 Å². The number of pyridine rings is 1. The smallest absolute Gasteiger partial charge is 0.346 e. The molecule has 0 aliphatic carbocycles. The molecule has 1 aromatic heterocycles. The first-order valence-electron chi connectivity index (χ1n) is 10.2. The van der Waals surface area contributed by atoms with Crippen LogP contribution in [0.1, 0.15) is 44.2 Å². The third-order valence-corrected chi connectivity index (χ3v) is 5.64. The fourth-order valence-corrected chi connectivity index (χ4v) is 3.76. The summed E-state index contributed by atoms with van der Waals surface area (Å²) in [5.41, 5.74) is 1.96. The second kappa shape index (κ2) is 10.6. The van der Waals surface area contributed by atoms with Gasteiger partial charge in [-0.3, -0.25) is 9.78 Å². The third kappa shape index (κ3) is 6.36. The first-order chi connectivity index (χ1) is 16.0. The number of halogens is 6. The lowest BCUT2D eigenvalue weighted by atomic mass is 9.95. The van der Waals surface area contributed by atoms with E-state index in [0.717, 1.165) is 18.2 Å². The van der Waals surface area contributed by atoms with Crippen molar-refractivity contribution in [2.75, 3.05) is 0 Å². The molecule has 1 unspecified atom stereocenters. The Morgan fingerprint density at radius 2 is 1.82 bits per heavy atom. The minimum Gasteiger partial charge on any atom is -0.346 e. The van der Waals surface area contributed by atoms with Gasteiger partial charge in [-0.1, -0.05) is 53.6 Å². The first-order valence-corrected chi connectivity index (χ1v) is 10.9. The average molecular weight is 511 g/mol. The Morgan fingerprint density at radius 3 is 2.41 bits per heavy atom. The summed E-state index contributed by atoms with van der Waals surface area (Å²) in [6.45, 7) is 3.25. The minimum atomic E-state index is -4.60. The maximum atomic E-state index is 13.8. The van der Waals surface area contributed by atoms with Gasteiger partial charge in [-0.05, 0) is 60.4 Å². The molecule has 1 heterocycles. The molecule has 0 radical (unpaired) electrons. The van der Waals surface area contributed by atoms with Gasteiger partial charge in [0.2, 0.25) is 0 Å². The zero-order valence-electron chi connectivity index (χ0n) is 18.2. The van der Waals surface area contributed by atoms with Crippen LogP contribution < -0.4 is 5.32 Å². The van der Waals surface area contributed by atoms with Crippen LogP contribution in [-0.4, -0.2) is 17.1 Å². The molecule has 2 aromatic carbocycles. The molecule has 0 fully saturated rings. The van der Waals surface area contributed by atoms with Crippen LogP contribution in [0.15, 0.2) is 54.7 Å². The number of allylic oxidation sites excluding steroid dienone is 1. The Labute approximate surface area is 204 Å². The lowest BCUT2D eigenvalue weighted by Crippen LogP contribution is -2.24. The van der Waals surface area contributed by atoms with E-state index in [0.29, 0.717) is 27.4 Å². The Morgan fingerprint density at radius 1 is 1.09 bits per heavy atom. The van der Waals surface area contributed by atoms with Crippen molar-refractivity contribution in [3.8, 4) is 0 Å². The van der Waals surface area contributed by atoms with Crippen LogP contribution in [0.2, 0.25) is 10.0 Å². The Hall–Kier alpha value is -2.90. The normalized spacial score (nSPS) is 12.7. The predicted molar refractivity (Wildman–Crippen MR) is 126 cm³/mol. The van der Waals surface area contributed by atoms with Gasteiger partial charge in [-0.2, -0.15) is 13.2 Å². The van der Waals surface area contributed by atoms with E-state index in [1.54, 1.807) is 37.3 Å². The molecule has 3 aromatic rings. The number of aryl methyl sites for hydroxylation is 2. The maximum absolute atomic E-state index is 13.8. The summed E-state index contributed by atoms with van der Waals surface area (Å²) < 4.78 is 54.9. The highest BCUT2D eigenvalue weighted by Gasteiger charge is 2.39. The number of rotatable bonds is 6. The molecule has 1 amide bonds. The van der Waals surface area contributed by atoms with Crippen molar-refractivity contribution in [2.45, 2.75) is 32.5 Å². The van der Waals surface area contributed by atoms with Crippen LogP contribution in [-0.2, 0) is 6.54 Å². The van der Waals surface area contributed by atoms with Gasteiger partial charge < -0.3 is 5.32 Å². The number of benzene rings is 2. The van der Waals surface area contributed by atoms with E-state index in [-0.39, 0.29) is 28.6 Å². The summed E-state index contributed by atoms with van der Waals surface area (Å²) in [5, 5.41) is 2.87. The quantitative estimate of drug-likeness (QED) is 0.350. The number of hydrogen-bond donors (Lipinski definition) is 1.